The number of likely N-dealkylation sites (tertiary alicyclic amines) is 1. The second-order valence-electron chi connectivity index (χ2n) is 7.56. The van der Waals surface area contributed by atoms with E-state index in [2.05, 4.69) is 15.5 Å². The molecule has 1 amide bonds. The number of amides is 1. The van der Waals surface area contributed by atoms with E-state index in [1.807, 2.05) is 45.9 Å². The lowest BCUT2D eigenvalue weighted by molar-refractivity contribution is 0.0594. The van der Waals surface area contributed by atoms with Crippen LogP contribution >= 0.6 is 0 Å². The Bertz CT molecular complexity index is 1120. The third-order valence-electron chi connectivity index (χ3n) is 5.76. The number of carbonyl (C=O) groups excluding carboxylic acids is 1. The zero-order valence-corrected chi connectivity index (χ0v) is 15.5. The summed E-state index contributed by atoms with van der Waals surface area (Å²) in [6.45, 7) is 3.74. The van der Waals surface area contributed by atoms with Gasteiger partial charge in [-0.1, -0.05) is 18.2 Å². The topological polar surface area (TPSA) is 85.9 Å². The number of piperidine rings is 1. The molecule has 1 aromatic carbocycles. The molecule has 2 aliphatic heterocycles. The average Bonchev–Trinajstić information content (AvgIpc) is 3.14. The number of hydrogen-bond acceptors (Lipinski definition) is 5. The summed E-state index contributed by atoms with van der Waals surface area (Å²) >= 11 is 0. The lowest BCUT2D eigenvalue weighted by Crippen LogP contribution is -2.49. The molecule has 2 aromatic heterocycles. The predicted octanol–water partition coefficient (Wildman–Crippen LogP) is 1.39. The fourth-order valence-corrected chi connectivity index (χ4v) is 4.53. The number of hydrogen-bond donors (Lipinski definition) is 0. The number of rotatable bonds is 2. The van der Waals surface area contributed by atoms with Crippen LogP contribution in [0.2, 0.25) is 0 Å². The minimum absolute atomic E-state index is 0.0214. The maximum Gasteiger partial charge on any atom is 0.256 e. The van der Waals surface area contributed by atoms with E-state index in [0.717, 1.165) is 12.1 Å². The van der Waals surface area contributed by atoms with E-state index in [0.29, 0.717) is 36.7 Å². The maximum atomic E-state index is 13.4. The molecular weight excluding hydrogens is 356 g/mol. The predicted molar refractivity (Wildman–Crippen MR) is 101 cm³/mol. The molecule has 0 spiro atoms. The van der Waals surface area contributed by atoms with Crippen molar-refractivity contribution in [3.05, 3.63) is 69.9 Å². The molecule has 0 N–H and O–H groups in total. The Balaban J connectivity index is 1.49. The molecule has 2 aliphatic rings. The quantitative estimate of drug-likeness (QED) is 0.675. The summed E-state index contributed by atoms with van der Waals surface area (Å²) in [6, 6.07) is 12.8. The highest BCUT2D eigenvalue weighted by atomic mass is 16.2. The van der Waals surface area contributed by atoms with Crippen LogP contribution in [0.1, 0.15) is 34.2 Å². The van der Waals surface area contributed by atoms with Crippen LogP contribution in [-0.4, -0.2) is 48.7 Å². The summed E-state index contributed by atoms with van der Waals surface area (Å²) < 4.78 is 3.46. The van der Waals surface area contributed by atoms with Gasteiger partial charge in [-0.25, -0.2) is 0 Å². The van der Waals surface area contributed by atoms with Crippen molar-refractivity contribution in [3.63, 3.8) is 0 Å². The standard InChI is InChI=1S/C20H20N6O2/c1-13-21-22-23-26(13)18-6-3-2-5-16(18)20(28)24-10-14-9-15(12-24)17-7-4-8-19(27)25(17)11-14/h2-8,14-15H,9-12H2,1H3. The van der Waals surface area contributed by atoms with Crippen LogP contribution in [0.15, 0.2) is 47.3 Å². The maximum absolute atomic E-state index is 13.4. The van der Waals surface area contributed by atoms with Gasteiger partial charge in [0, 0.05) is 37.3 Å². The Hall–Kier alpha value is -3.29. The van der Waals surface area contributed by atoms with E-state index in [4.69, 9.17) is 0 Å². The number of fused-ring (bicyclic) bond motifs is 4. The Morgan fingerprint density at radius 2 is 1.93 bits per heavy atom. The van der Waals surface area contributed by atoms with Crippen molar-refractivity contribution in [1.29, 1.82) is 0 Å². The van der Waals surface area contributed by atoms with Crippen molar-refractivity contribution in [1.82, 2.24) is 29.7 Å². The first kappa shape index (κ1) is 16.9. The molecule has 1 saturated heterocycles. The molecule has 0 radical (unpaired) electrons. The molecule has 1 fully saturated rings. The van der Waals surface area contributed by atoms with Gasteiger partial charge in [0.25, 0.3) is 11.5 Å². The van der Waals surface area contributed by atoms with Crippen LogP contribution in [0.3, 0.4) is 0 Å². The van der Waals surface area contributed by atoms with Crippen molar-refractivity contribution in [2.45, 2.75) is 25.8 Å². The largest absolute Gasteiger partial charge is 0.338 e. The van der Waals surface area contributed by atoms with Gasteiger partial charge in [-0.15, -0.1) is 5.10 Å². The summed E-state index contributed by atoms with van der Waals surface area (Å²) in [5.74, 6) is 1.08. The fourth-order valence-electron chi connectivity index (χ4n) is 4.53. The van der Waals surface area contributed by atoms with E-state index < -0.39 is 0 Å². The van der Waals surface area contributed by atoms with Gasteiger partial charge in [0.2, 0.25) is 0 Å². The normalized spacial score (nSPS) is 20.7. The summed E-state index contributed by atoms with van der Waals surface area (Å²) in [4.78, 5) is 27.5. The third-order valence-corrected chi connectivity index (χ3v) is 5.76. The van der Waals surface area contributed by atoms with Gasteiger partial charge in [0.15, 0.2) is 5.82 Å². The van der Waals surface area contributed by atoms with E-state index in [9.17, 15) is 9.59 Å². The molecule has 142 valence electrons. The number of nitrogens with zero attached hydrogens (tertiary/aromatic N) is 6. The number of tetrazole rings is 1. The van der Waals surface area contributed by atoms with Crippen molar-refractivity contribution in [2.75, 3.05) is 13.1 Å². The van der Waals surface area contributed by atoms with E-state index in [1.54, 1.807) is 17.7 Å². The van der Waals surface area contributed by atoms with Crippen molar-refractivity contribution < 1.29 is 4.79 Å². The Kier molecular flexibility index (Phi) is 3.85. The van der Waals surface area contributed by atoms with Crippen LogP contribution in [0.25, 0.3) is 5.69 Å². The molecule has 28 heavy (non-hydrogen) atoms. The Morgan fingerprint density at radius 3 is 2.75 bits per heavy atom. The molecule has 2 bridgehead atoms. The molecular formula is C20H20N6O2. The summed E-state index contributed by atoms with van der Waals surface area (Å²) in [6.07, 6.45) is 1.01. The summed E-state index contributed by atoms with van der Waals surface area (Å²) in [5.41, 5.74) is 2.35. The van der Waals surface area contributed by atoms with Gasteiger partial charge in [-0.3, -0.25) is 9.59 Å². The van der Waals surface area contributed by atoms with Crippen molar-refractivity contribution >= 4 is 5.91 Å². The number of aryl methyl sites for hydroxylation is 1. The molecule has 0 saturated carbocycles. The fraction of sp³-hybridized carbons (Fsp3) is 0.350. The number of carbonyl (C=O) groups is 1. The second-order valence-corrected chi connectivity index (χ2v) is 7.56. The van der Waals surface area contributed by atoms with Gasteiger partial charge in [-0.05, 0) is 47.9 Å². The van der Waals surface area contributed by atoms with Crippen LogP contribution in [0.5, 0.6) is 0 Å². The van der Waals surface area contributed by atoms with Crippen LogP contribution < -0.4 is 5.56 Å². The Labute approximate surface area is 161 Å². The lowest BCUT2D eigenvalue weighted by Gasteiger charge is -2.42. The number of aromatic nitrogens is 5. The second kappa shape index (κ2) is 6.40. The monoisotopic (exact) mass is 376 g/mol. The highest BCUT2D eigenvalue weighted by Crippen LogP contribution is 2.35. The van der Waals surface area contributed by atoms with Crippen molar-refractivity contribution in [3.8, 4) is 5.69 Å². The Morgan fingerprint density at radius 1 is 1.07 bits per heavy atom. The molecule has 8 nitrogen and oxygen atoms in total. The third kappa shape index (κ3) is 2.64. The molecule has 8 heteroatoms. The van der Waals surface area contributed by atoms with Gasteiger partial charge in [0.05, 0.1) is 11.3 Å². The van der Waals surface area contributed by atoms with Crippen LogP contribution in [0, 0.1) is 12.8 Å². The molecule has 3 aromatic rings. The average molecular weight is 376 g/mol. The van der Waals surface area contributed by atoms with E-state index >= 15 is 0 Å². The zero-order valence-electron chi connectivity index (χ0n) is 15.5. The number of pyridine rings is 1. The minimum Gasteiger partial charge on any atom is -0.338 e. The van der Waals surface area contributed by atoms with Crippen molar-refractivity contribution in [2.24, 2.45) is 5.92 Å². The van der Waals surface area contributed by atoms with Gasteiger partial charge >= 0.3 is 0 Å². The first-order valence-corrected chi connectivity index (χ1v) is 9.45. The molecule has 0 aliphatic carbocycles. The highest BCUT2D eigenvalue weighted by Gasteiger charge is 2.37. The molecule has 2 atom stereocenters. The van der Waals surface area contributed by atoms with E-state index in [-0.39, 0.29) is 23.3 Å². The zero-order chi connectivity index (χ0) is 19.3. The smallest absolute Gasteiger partial charge is 0.256 e. The van der Waals surface area contributed by atoms with Gasteiger partial charge in [0.1, 0.15) is 0 Å². The molecule has 4 heterocycles. The minimum atomic E-state index is -0.0214. The molecule has 2 unspecified atom stereocenters. The molecule has 5 rings (SSSR count). The van der Waals surface area contributed by atoms with Gasteiger partial charge < -0.3 is 9.47 Å². The summed E-state index contributed by atoms with van der Waals surface area (Å²) in [7, 11) is 0. The van der Waals surface area contributed by atoms with Crippen LogP contribution in [-0.2, 0) is 6.54 Å². The van der Waals surface area contributed by atoms with Gasteiger partial charge in [-0.2, -0.15) is 4.68 Å². The first-order valence-electron chi connectivity index (χ1n) is 9.45. The van der Waals surface area contributed by atoms with Crippen LogP contribution in [0.4, 0.5) is 0 Å². The number of para-hydroxylation sites is 1. The SMILES string of the molecule is Cc1nnnn1-c1ccccc1C(=O)N1CC2CC(C1)c1cccc(=O)n1C2. The van der Waals surface area contributed by atoms with E-state index in [1.165, 1.54) is 0 Å². The number of benzene rings is 1. The lowest BCUT2D eigenvalue weighted by atomic mass is 9.83. The first-order chi connectivity index (χ1) is 13.6. The highest BCUT2D eigenvalue weighted by molar-refractivity contribution is 5.97. The summed E-state index contributed by atoms with van der Waals surface area (Å²) in [5, 5.41) is 11.6.